The van der Waals surface area contributed by atoms with Crippen LogP contribution in [0.15, 0.2) is 0 Å². The van der Waals surface area contributed by atoms with Crippen molar-refractivity contribution in [1.29, 1.82) is 0 Å². The molecule has 1 fully saturated rings. The highest BCUT2D eigenvalue weighted by Gasteiger charge is 2.18. The van der Waals surface area contributed by atoms with Gasteiger partial charge in [-0.25, -0.2) is 0 Å². The maximum atomic E-state index is 11.1. The third-order valence-electron chi connectivity index (χ3n) is 3.07. The molecular formula is C12H24N2O2. The van der Waals surface area contributed by atoms with Gasteiger partial charge in [0, 0.05) is 26.2 Å². The quantitative estimate of drug-likeness (QED) is 0.652. The van der Waals surface area contributed by atoms with Crippen LogP contribution in [0.2, 0.25) is 0 Å². The van der Waals surface area contributed by atoms with Crippen molar-refractivity contribution in [3.8, 4) is 0 Å². The highest BCUT2D eigenvalue weighted by molar-refractivity contribution is 5.71. The zero-order valence-electron chi connectivity index (χ0n) is 10.7. The maximum absolute atomic E-state index is 11.1. The molecule has 0 radical (unpaired) electrons. The maximum Gasteiger partial charge on any atom is 0.319 e. The van der Waals surface area contributed by atoms with Gasteiger partial charge in [0.15, 0.2) is 0 Å². The van der Waals surface area contributed by atoms with E-state index in [0.717, 1.165) is 32.1 Å². The number of hydrogen-bond acceptors (Lipinski definition) is 4. The topological polar surface area (TPSA) is 32.8 Å². The van der Waals surface area contributed by atoms with Crippen LogP contribution < -0.4 is 0 Å². The first-order valence-corrected chi connectivity index (χ1v) is 6.13. The monoisotopic (exact) mass is 228 g/mol. The van der Waals surface area contributed by atoms with E-state index in [0.29, 0.717) is 6.54 Å². The van der Waals surface area contributed by atoms with Gasteiger partial charge in [-0.2, -0.15) is 0 Å². The number of carbonyl (C=O) groups excluding carboxylic acids is 1. The molecule has 0 unspecified atom stereocenters. The second kappa shape index (κ2) is 6.86. The molecule has 1 aliphatic heterocycles. The van der Waals surface area contributed by atoms with Crippen LogP contribution in [0.4, 0.5) is 0 Å². The molecule has 0 aliphatic carbocycles. The molecule has 94 valence electrons. The van der Waals surface area contributed by atoms with Crippen molar-refractivity contribution in [1.82, 2.24) is 9.80 Å². The molecule has 1 aliphatic rings. The fraction of sp³-hybridized carbons (Fsp3) is 0.917. The minimum atomic E-state index is -0.129. The molecule has 0 saturated carbocycles. The lowest BCUT2D eigenvalue weighted by Crippen LogP contribution is -2.48. The van der Waals surface area contributed by atoms with E-state index < -0.39 is 0 Å². The van der Waals surface area contributed by atoms with E-state index in [9.17, 15) is 4.79 Å². The Morgan fingerprint density at radius 1 is 1.19 bits per heavy atom. The summed E-state index contributed by atoms with van der Waals surface area (Å²) in [7, 11) is 1.45. The largest absolute Gasteiger partial charge is 0.468 e. The van der Waals surface area contributed by atoms with E-state index in [-0.39, 0.29) is 5.97 Å². The SMILES string of the molecule is COC(=O)CN1CCN(CCC(C)C)CC1. The van der Waals surface area contributed by atoms with Crippen LogP contribution in [0.1, 0.15) is 20.3 Å². The van der Waals surface area contributed by atoms with E-state index in [1.807, 2.05) is 0 Å². The molecule has 0 spiro atoms. The predicted molar refractivity (Wildman–Crippen MR) is 64.4 cm³/mol. The number of piperazine rings is 1. The van der Waals surface area contributed by atoms with Gasteiger partial charge >= 0.3 is 5.97 Å². The summed E-state index contributed by atoms with van der Waals surface area (Å²) in [6.45, 7) is 10.2. The molecule has 0 aromatic rings. The number of carbonyl (C=O) groups is 1. The van der Waals surface area contributed by atoms with Crippen molar-refractivity contribution < 1.29 is 9.53 Å². The molecule has 0 amide bonds. The number of rotatable bonds is 5. The van der Waals surface area contributed by atoms with Crippen LogP contribution in [-0.2, 0) is 9.53 Å². The van der Waals surface area contributed by atoms with Crippen LogP contribution in [0.3, 0.4) is 0 Å². The van der Waals surface area contributed by atoms with Gasteiger partial charge < -0.3 is 9.64 Å². The minimum Gasteiger partial charge on any atom is -0.468 e. The van der Waals surface area contributed by atoms with Crippen molar-refractivity contribution in [3.63, 3.8) is 0 Å². The number of esters is 1. The van der Waals surface area contributed by atoms with Crippen LogP contribution in [0, 0.1) is 5.92 Å². The van der Waals surface area contributed by atoms with Gasteiger partial charge in [0.25, 0.3) is 0 Å². The smallest absolute Gasteiger partial charge is 0.319 e. The molecule has 1 saturated heterocycles. The number of ether oxygens (including phenoxy) is 1. The molecule has 4 heteroatoms. The van der Waals surface area contributed by atoms with Gasteiger partial charge in [0.05, 0.1) is 13.7 Å². The van der Waals surface area contributed by atoms with Gasteiger partial charge in [-0.1, -0.05) is 13.8 Å². The first kappa shape index (κ1) is 13.5. The molecule has 0 atom stereocenters. The lowest BCUT2D eigenvalue weighted by molar-refractivity contribution is -0.142. The fourth-order valence-electron chi connectivity index (χ4n) is 1.86. The summed E-state index contributed by atoms with van der Waals surface area (Å²) in [4.78, 5) is 15.7. The van der Waals surface area contributed by atoms with Crippen LogP contribution in [0.25, 0.3) is 0 Å². The molecule has 0 bridgehead atoms. The molecule has 4 nitrogen and oxygen atoms in total. The summed E-state index contributed by atoms with van der Waals surface area (Å²) in [5.74, 6) is 0.642. The van der Waals surface area contributed by atoms with Crippen LogP contribution in [0.5, 0.6) is 0 Å². The Labute approximate surface area is 98.5 Å². The normalized spacial score (nSPS) is 19.0. The summed E-state index contributed by atoms with van der Waals surface area (Å²) in [6, 6.07) is 0. The zero-order valence-corrected chi connectivity index (χ0v) is 10.7. The molecule has 0 N–H and O–H groups in total. The Hall–Kier alpha value is -0.610. The predicted octanol–water partition coefficient (Wildman–Crippen LogP) is 0.823. The van der Waals surface area contributed by atoms with Gasteiger partial charge in [-0.05, 0) is 18.9 Å². The first-order chi connectivity index (χ1) is 7.61. The van der Waals surface area contributed by atoms with Crippen molar-refractivity contribution in [2.24, 2.45) is 5.92 Å². The second-order valence-corrected chi connectivity index (χ2v) is 4.88. The zero-order chi connectivity index (χ0) is 12.0. The lowest BCUT2D eigenvalue weighted by Gasteiger charge is -2.34. The van der Waals surface area contributed by atoms with Crippen LogP contribution >= 0.6 is 0 Å². The first-order valence-electron chi connectivity index (χ1n) is 6.13. The summed E-state index contributed by atoms with van der Waals surface area (Å²) < 4.78 is 4.66. The highest BCUT2D eigenvalue weighted by atomic mass is 16.5. The van der Waals surface area contributed by atoms with E-state index in [4.69, 9.17) is 0 Å². The molecule has 16 heavy (non-hydrogen) atoms. The van der Waals surface area contributed by atoms with Crippen molar-refractivity contribution in [3.05, 3.63) is 0 Å². The van der Waals surface area contributed by atoms with E-state index in [1.54, 1.807) is 0 Å². The Bertz CT molecular complexity index is 211. The van der Waals surface area contributed by atoms with E-state index in [1.165, 1.54) is 20.1 Å². The standard InChI is InChI=1S/C12H24N2O2/c1-11(2)4-5-13-6-8-14(9-7-13)10-12(15)16-3/h11H,4-10H2,1-3H3. The summed E-state index contributed by atoms with van der Waals surface area (Å²) in [6.07, 6.45) is 1.26. The van der Waals surface area contributed by atoms with Gasteiger partial charge in [-0.15, -0.1) is 0 Å². The van der Waals surface area contributed by atoms with Crippen molar-refractivity contribution >= 4 is 5.97 Å². The highest BCUT2D eigenvalue weighted by Crippen LogP contribution is 2.06. The third-order valence-corrected chi connectivity index (χ3v) is 3.07. The molecule has 1 heterocycles. The molecule has 0 aromatic carbocycles. The van der Waals surface area contributed by atoms with Gasteiger partial charge in [0.2, 0.25) is 0 Å². The van der Waals surface area contributed by atoms with Crippen LogP contribution in [-0.4, -0.2) is 62.1 Å². The number of hydrogen-bond donors (Lipinski definition) is 0. The Morgan fingerprint density at radius 3 is 2.25 bits per heavy atom. The van der Waals surface area contributed by atoms with Gasteiger partial charge in [-0.3, -0.25) is 9.69 Å². The average Bonchev–Trinajstić information content (AvgIpc) is 2.28. The third kappa shape index (κ3) is 4.94. The fourth-order valence-corrected chi connectivity index (χ4v) is 1.86. The van der Waals surface area contributed by atoms with Crippen molar-refractivity contribution in [2.45, 2.75) is 20.3 Å². The Kier molecular flexibility index (Phi) is 5.77. The molecule has 1 rings (SSSR count). The minimum absolute atomic E-state index is 0.129. The summed E-state index contributed by atoms with van der Waals surface area (Å²) in [5.41, 5.74) is 0. The van der Waals surface area contributed by atoms with Gasteiger partial charge in [0.1, 0.15) is 0 Å². The Morgan fingerprint density at radius 2 is 1.75 bits per heavy atom. The summed E-state index contributed by atoms with van der Waals surface area (Å²) in [5, 5.41) is 0. The van der Waals surface area contributed by atoms with E-state index in [2.05, 4.69) is 28.4 Å². The number of nitrogens with zero attached hydrogens (tertiary/aromatic N) is 2. The average molecular weight is 228 g/mol. The Balaban J connectivity index is 2.16. The van der Waals surface area contributed by atoms with Crippen molar-refractivity contribution in [2.75, 3.05) is 46.4 Å². The lowest BCUT2D eigenvalue weighted by atomic mass is 10.1. The second-order valence-electron chi connectivity index (χ2n) is 4.88. The molecule has 0 aromatic heterocycles. The summed E-state index contributed by atoms with van der Waals surface area (Å²) >= 11 is 0. The molecular weight excluding hydrogens is 204 g/mol. The van der Waals surface area contributed by atoms with E-state index >= 15 is 0 Å². The number of methoxy groups -OCH3 is 1.